The highest BCUT2D eigenvalue weighted by molar-refractivity contribution is 5.94. The van der Waals surface area contributed by atoms with E-state index in [-0.39, 0.29) is 5.91 Å². The van der Waals surface area contributed by atoms with Crippen molar-refractivity contribution >= 4 is 5.91 Å². The highest BCUT2D eigenvalue weighted by Crippen LogP contribution is 2.27. The zero-order chi connectivity index (χ0) is 13.2. The molecule has 19 heavy (non-hydrogen) atoms. The number of hydrogen-bond donors (Lipinski definition) is 2. The molecule has 0 aromatic heterocycles. The predicted octanol–water partition coefficient (Wildman–Crippen LogP) is 2.60. The summed E-state index contributed by atoms with van der Waals surface area (Å²) in [5.74, 6) is 0.745. The van der Waals surface area contributed by atoms with E-state index in [1.165, 1.54) is 36.8 Å². The van der Waals surface area contributed by atoms with Gasteiger partial charge in [0.2, 0.25) is 0 Å². The van der Waals surface area contributed by atoms with Crippen LogP contribution in [-0.4, -0.2) is 11.9 Å². The maximum absolute atomic E-state index is 12.3. The van der Waals surface area contributed by atoms with Gasteiger partial charge in [0.25, 0.3) is 5.91 Å². The predicted molar refractivity (Wildman–Crippen MR) is 75.9 cm³/mol. The van der Waals surface area contributed by atoms with E-state index < -0.39 is 0 Å². The van der Waals surface area contributed by atoms with E-state index in [1.54, 1.807) is 0 Å². The summed E-state index contributed by atoms with van der Waals surface area (Å²) in [6, 6.07) is 6.35. The molecule has 1 aromatic carbocycles. The lowest BCUT2D eigenvalue weighted by Gasteiger charge is -2.20. The first kappa shape index (κ1) is 12.7. The Balaban J connectivity index is 1.66. The lowest BCUT2D eigenvalue weighted by atomic mass is 9.99. The molecule has 3 rings (SSSR count). The second-order valence-electron chi connectivity index (χ2n) is 5.89. The van der Waals surface area contributed by atoms with Crippen LogP contribution in [0.3, 0.4) is 0 Å². The third-order valence-electron chi connectivity index (χ3n) is 4.57. The molecular formula is C16H22N2O. The molecule has 0 unspecified atom stereocenters. The summed E-state index contributed by atoms with van der Waals surface area (Å²) in [5, 5.41) is 6.48. The van der Waals surface area contributed by atoms with Gasteiger partial charge >= 0.3 is 0 Å². The molecule has 1 heterocycles. The summed E-state index contributed by atoms with van der Waals surface area (Å²) in [4.78, 5) is 12.3. The van der Waals surface area contributed by atoms with Crippen LogP contribution in [-0.2, 0) is 13.1 Å². The van der Waals surface area contributed by atoms with Gasteiger partial charge in [-0.25, -0.2) is 0 Å². The molecule has 102 valence electrons. The molecule has 0 saturated heterocycles. The number of carbonyl (C=O) groups is 1. The molecule has 1 atom stereocenters. The average molecular weight is 258 g/mol. The Morgan fingerprint density at radius 2 is 2.00 bits per heavy atom. The van der Waals surface area contributed by atoms with Crippen molar-refractivity contribution in [2.45, 2.75) is 51.7 Å². The number of carbonyl (C=O) groups excluding carboxylic acids is 1. The summed E-state index contributed by atoms with van der Waals surface area (Å²) in [6.07, 6.45) is 5.15. The van der Waals surface area contributed by atoms with Crippen molar-refractivity contribution in [2.24, 2.45) is 5.92 Å². The van der Waals surface area contributed by atoms with Gasteiger partial charge < -0.3 is 10.6 Å². The van der Waals surface area contributed by atoms with Crippen LogP contribution in [0.1, 0.15) is 54.1 Å². The van der Waals surface area contributed by atoms with Crippen LogP contribution in [0, 0.1) is 5.92 Å². The SMILES string of the molecule is C[C@H](NC(=O)c1ccc2c(c1)CNC2)C1CCCC1. The fraction of sp³-hybridized carbons (Fsp3) is 0.562. The van der Waals surface area contributed by atoms with Gasteiger partial charge in [-0.1, -0.05) is 18.9 Å². The van der Waals surface area contributed by atoms with Gasteiger partial charge in [0, 0.05) is 24.7 Å². The smallest absolute Gasteiger partial charge is 0.251 e. The Morgan fingerprint density at radius 1 is 1.26 bits per heavy atom. The summed E-state index contributed by atoms with van der Waals surface area (Å²) >= 11 is 0. The van der Waals surface area contributed by atoms with Crippen LogP contribution in [0.2, 0.25) is 0 Å². The maximum Gasteiger partial charge on any atom is 0.251 e. The monoisotopic (exact) mass is 258 g/mol. The fourth-order valence-electron chi connectivity index (χ4n) is 3.30. The van der Waals surface area contributed by atoms with Gasteiger partial charge in [-0.3, -0.25) is 4.79 Å². The molecule has 0 spiro atoms. The molecule has 0 bridgehead atoms. The number of hydrogen-bond acceptors (Lipinski definition) is 2. The van der Waals surface area contributed by atoms with Crippen molar-refractivity contribution in [1.82, 2.24) is 10.6 Å². The summed E-state index contributed by atoms with van der Waals surface area (Å²) in [5.41, 5.74) is 3.38. The lowest BCUT2D eigenvalue weighted by Crippen LogP contribution is -2.37. The van der Waals surface area contributed by atoms with Crippen molar-refractivity contribution in [2.75, 3.05) is 0 Å². The number of nitrogens with one attached hydrogen (secondary N) is 2. The molecule has 1 aromatic rings. The average Bonchev–Trinajstić information content (AvgIpc) is 3.09. The van der Waals surface area contributed by atoms with Crippen molar-refractivity contribution in [3.05, 3.63) is 34.9 Å². The zero-order valence-electron chi connectivity index (χ0n) is 11.5. The third kappa shape index (κ3) is 2.66. The number of fused-ring (bicyclic) bond motifs is 1. The van der Waals surface area contributed by atoms with Gasteiger partial charge in [-0.15, -0.1) is 0 Å². The van der Waals surface area contributed by atoms with E-state index in [2.05, 4.69) is 23.6 Å². The second kappa shape index (κ2) is 5.33. The topological polar surface area (TPSA) is 41.1 Å². The van der Waals surface area contributed by atoms with Crippen LogP contribution in [0.4, 0.5) is 0 Å². The molecule has 3 nitrogen and oxygen atoms in total. The van der Waals surface area contributed by atoms with Crippen LogP contribution >= 0.6 is 0 Å². The Hall–Kier alpha value is -1.35. The highest BCUT2D eigenvalue weighted by atomic mass is 16.1. The highest BCUT2D eigenvalue weighted by Gasteiger charge is 2.23. The molecule has 1 amide bonds. The first-order chi connectivity index (χ1) is 9.24. The van der Waals surface area contributed by atoms with E-state index in [1.807, 2.05) is 12.1 Å². The van der Waals surface area contributed by atoms with Gasteiger partial charge in [0.05, 0.1) is 0 Å². The van der Waals surface area contributed by atoms with E-state index in [4.69, 9.17) is 0 Å². The van der Waals surface area contributed by atoms with E-state index in [0.717, 1.165) is 18.7 Å². The molecule has 1 saturated carbocycles. The van der Waals surface area contributed by atoms with Crippen LogP contribution in [0.5, 0.6) is 0 Å². The van der Waals surface area contributed by atoms with Gasteiger partial charge in [0.15, 0.2) is 0 Å². The second-order valence-corrected chi connectivity index (χ2v) is 5.89. The van der Waals surface area contributed by atoms with Gasteiger partial charge in [-0.2, -0.15) is 0 Å². The van der Waals surface area contributed by atoms with Crippen LogP contribution in [0.15, 0.2) is 18.2 Å². The summed E-state index contributed by atoms with van der Waals surface area (Å²) in [7, 11) is 0. The molecule has 1 fully saturated rings. The van der Waals surface area contributed by atoms with Crippen molar-refractivity contribution in [3.8, 4) is 0 Å². The fourth-order valence-corrected chi connectivity index (χ4v) is 3.30. The molecule has 1 aliphatic heterocycles. The first-order valence-corrected chi connectivity index (χ1v) is 7.37. The molecule has 0 radical (unpaired) electrons. The Morgan fingerprint density at radius 3 is 2.79 bits per heavy atom. The van der Waals surface area contributed by atoms with Gasteiger partial charge in [-0.05, 0) is 48.9 Å². The van der Waals surface area contributed by atoms with E-state index in [9.17, 15) is 4.79 Å². The van der Waals surface area contributed by atoms with E-state index >= 15 is 0 Å². The molecule has 3 heteroatoms. The largest absolute Gasteiger partial charge is 0.349 e. The molecule has 2 N–H and O–H groups in total. The zero-order valence-corrected chi connectivity index (χ0v) is 11.5. The van der Waals surface area contributed by atoms with E-state index in [0.29, 0.717) is 12.0 Å². The minimum atomic E-state index is 0.0779. The maximum atomic E-state index is 12.3. The quantitative estimate of drug-likeness (QED) is 0.875. The van der Waals surface area contributed by atoms with Crippen molar-refractivity contribution in [3.63, 3.8) is 0 Å². The third-order valence-corrected chi connectivity index (χ3v) is 4.57. The minimum Gasteiger partial charge on any atom is -0.349 e. The lowest BCUT2D eigenvalue weighted by molar-refractivity contribution is 0.0927. The van der Waals surface area contributed by atoms with Crippen molar-refractivity contribution in [1.29, 1.82) is 0 Å². The first-order valence-electron chi connectivity index (χ1n) is 7.37. The summed E-state index contributed by atoms with van der Waals surface area (Å²) < 4.78 is 0. The minimum absolute atomic E-state index is 0.0779. The van der Waals surface area contributed by atoms with Crippen LogP contribution < -0.4 is 10.6 Å². The Kier molecular flexibility index (Phi) is 3.56. The van der Waals surface area contributed by atoms with Crippen molar-refractivity contribution < 1.29 is 4.79 Å². The molecule has 2 aliphatic rings. The Labute approximate surface area is 114 Å². The Bertz CT molecular complexity index is 478. The number of benzene rings is 1. The number of rotatable bonds is 3. The molecular weight excluding hydrogens is 236 g/mol. The summed E-state index contributed by atoms with van der Waals surface area (Å²) in [6.45, 7) is 3.95. The molecule has 1 aliphatic carbocycles. The van der Waals surface area contributed by atoms with Crippen LogP contribution in [0.25, 0.3) is 0 Å². The normalized spacial score (nSPS) is 20.3. The standard InChI is InChI=1S/C16H22N2O/c1-11(12-4-2-3-5-12)18-16(19)13-6-7-14-9-17-10-15(14)8-13/h6-8,11-12,17H,2-5,9-10H2,1H3,(H,18,19)/t11-/m0/s1. The number of amides is 1. The van der Waals surface area contributed by atoms with Gasteiger partial charge in [0.1, 0.15) is 0 Å².